The maximum absolute atomic E-state index is 13.7. The highest BCUT2D eigenvalue weighted by molar-refractivity contribution is 8.02. The van der Waals surface area contributed by atoms with E-state index < -0.39 is 28.2 Å². The molecule has 6 atom stereocenters. The number of aliphatic hydroxyl groups excluding tert-OH is 1. The standard InChI is InChI=1S/C22H37N3O4S/c1-12-10-13-14(17(27)23-7)15-19(29)25(8-9-26)16(22(12,15)30-13)18(28)24-21(5,6)11-20(2,3)4/h12-16,26H,8-11H2,1-7H3,(H,23,27)(H,24,28)/t12?,13-,14+,15-,16?,22?/m0/s1. The number of amides is 3. The van der Waals surface area contributed by atoms with Crippen molar-refractivity contribution in [1.29, 1.82) is 0 Å². The highest BCUT2D eigenvalue weighted by atomic mass is 32.2. The zero-order valence-electron chi connectivity index (χ0n) is 19.2. The Kier molecular flexibility index (Phi) is 6.00. The van der Waals surface area contributed by atoms with E-state index in [0.29, 0.717) is 0 Å². The number of nitrogens with zero attached hydrogens (tertiary/aromatic N) is 1. The zero-order valence-corrected chi connectivity index (χ0v) is 20.1. The van der Waals surface area contributed by atoms with Gasteiger partial charge in [-0.3, -0.25) is 14.4 Å². The fourth-order valence-corrected chi connectivity index (χ4v) is 8.83. The second-order valence-electron chi connectivity index (χ2n) is 11.0. The average molecular weight is 440 g/mol. The van der Waals surface area contributed by atoms with Crippen LogP contribution in [0.5, 0.6) is 0 Å². The van der Waals surface area contributed by atoms with Crippen LogP contribution >= 0.6 is 11.8 Å². The first-order chi connectivity index (χ1) is 13.8. The third kappa shape index (κ3) is 3.64. The van der Waals surface area contributed by atoms with Gasteiger partial charge in [-0.15, -0.1) is 11.8 Å². The number of aliphatic hydroxyl groups is 1. The Morgan fingerprint density at radius 1 is 1.23 bits per heavy atom. The van der Waals surface area contributed by atoms with E-state index in [2.05, 4.69) is 38.3 Å². The lowest BCUT2D eigenvalue weighted by atomic mass is 9.65. The van der Waals surface area contributed by atoms with E-state index in [9.17, 15) is 19.5 Å². The van der Waals surface area contributed by atoms with Crippen LogP contribution < -0.4 is 10.6 Å². The molecular weight excluding hydrogens is 402 g/mol. The van der Waals surface area contributed by atoms with Gasteiger partial charge in [0.15, 0.2) is 0 Å². The summed E-state index contributed by atoms with van der Waals surface area (Å²) in [5, 5.41) is 15.6. The normalized spacial score (nSPS) is 35.5. The van der Waals surface area contributed by atoms with Crippen molar-refractivity contribution in [2.24, 2.45) is 23.2 Å². The molecule has 0 aliphatic carbocycles. The predicted octanol–water partition coefficient (Wildman–Crippen LogP) is 1.39. The molecule has 3 saturated heterocycles. The van der Waals surface area contributed by atoms with Gasteiger partial charge in [-0.05, 0) is 38.0 Å². The maximum Gasteiger partial charge on any atom is 0.244 e. The topological polar surface area (TPSA) is 98.7 Å². The molecule has 3 amide bonds. The molecule has 2 bridgehead atoms. The van der Waals surface area contributed by atoms with Crippen LogP contribution in [-0.2, 0) is 14.4 Å². The number of fused-ring (bicyclic) bond motifs is 1. The maximum atomic E-state index is 13.7. The van der Waals surface area contributed by atoms with Crippen molar-refractivity contribution in [2.45, 2.75) is 76.0 Å². The van der Waals surface area contributed by atoms with Crippen molar-refractivity contribution in [3.05, 3.63) is 0 Å². The van der Waals surface area contributed by atoms with E-state index in [4.69, 9.17) is 0 Å². The Morgan fingerprint density at radius 3 is 2.40 bits per heavy atom. The summed E-state index contributed by atoms with van der Waals surface area (Å²) in [5.74, 6) is -1.29. The third-order valence-electron chi connectivity index (χ3n) is 6.82. The number of carbonyl (C=O) groups excluding carboxylic acids is 3. The van der Waals surface area contributed by atoms with E-state index in [1.54, 1.807) is 18.8 Å². The molecule has 3 fully saturated rings. The van der Waals surface area contributed by atoms with Crippen molar-refractivity contribution < 1.29 is 19.5 Å². The van der Waals surface area contributed by atoms with Crippen LogP contribution in [0.3, 0.4) is 0 Å². The Balaban J connectivity index is 1.99. The Morgan fingerprint density at radius 2 is 1.87 bits per heavy atom. The molecule has 0 saturated carbocycles. The first-order valence-corrected chi connectivity index (χ1v) is 11.8. The summed E-state index contributed by atoms with van der Waals surface area (Å²) in [6.45, 7) is 12.4. The molecule has 8 heteroatoms. The lowest BCUT2D eigenvalue weighted by molar-refractivity contribution is -0.140. The van der Waals surface area contributed by atoms with E-state index in [-0.39, 0.29) is 47.5 Å². The van der Waals surface area contributed by atoms with Gasteiger partial charge in [0.1, 0.15) is 6.04 Å². The summed E-state index contributed by atoms with van der Waals surface area (Å²) in [5.41, 5.74) is -0.408. The highest BCUT2D eigenvalue weighted by Gasteiger charge is 2.75. The Labute approximate surface area is 184 Å². The predicted molar refractivity (Wildman–Crippen MR) is 118 cm³/mol. The average Bonchev–Trinajstić information content (AvgIpc) is 3.16. The van der Waals surface area contributed by atoms with Crippen LogP contribution in [0.25, 0.3) is 0 Å². The number of hydrogen-bond acceptors (Lipinski definition) is 5. The first-order valence-electron chi connectivity index (χ1n) is 10.9. The number of thioether (sulfide) groups is 1. The minimum absolute atomic E-state index is 0.0338. The quantitative estimate of drug-likeness (QED) is 0.581. The summed E-state index contributed by atoms with van der Waals surface area (Å²) in [6.07, 6.45) is 1.60. The number of β-amino-alcohol motifs (C(OH)–C–C–N with tert-alkyl or cyclic N) is 1. The van der Waals surface area contributed by atoms with Gasteiger partial charge in [0.05, 0.1) is 23.2 Å². The second kappa shape index (κ2) is 7.69. The van der Waals surface area contributed by atoms with Gasteiger partial charge in [-0.2, -0.15) is 0 Å². The van der Waals surface area contributed by atoms with E-state index in [1.165, 1.54) is 4.90 Å². The van der Waals surface area contributed by atoms with Gasteiger partial charge < -0.3 is 20.6 Å². The van der Waals surface area contributed by atoms with Crippen molar-refractivity contribution in [3.63, 3.8) is 0 Å². The molecule has 3 aliphatic rings. The molecule has 3 unspecified atom stereocenters. The summed E-state index contributed by atoms with van der Waals surface area (Å²) >= 11 is 1.65. The number of likely N-dealkylation sites (tertiary alicyclic amines) is 1. The Bertz CT molecular complexity index is 734. The van der Waals surface area contributed by atoms with Gasteiger partial charge in [-0.25, -0.2) is 0 Å². The smallest absolute Gasteiger partial charge is 0.244 e. The summed E-state index contributed by atoms with van der Waals surface area (Å²) < 4.78 is -0.629. The van der Waals surface area contributed by atoms with Crippen molar-refractivity contribution in [3.8, 4) is 0 Å². The summed E-state index contributed by atoms with van der Waals surface area (Å²) in [7, 11) is 1.60. The molecule has 3 rings (SSSR count). The fraction of sp³-hybridized carbons (Fsp3) is 0.864. The van der Waals surface area contributed by atoms with Crippen LogP contribution in [0.15, 0.2) is 0 Å². The van der Waals surface area contributed by atoms with E-state index >= 15 is 0 Å². The Hall–Kier alpha value is -1.28. The van der Waals surface area contributed by atoms with Gasteiger partial charge in [0, 0.05) is 24.4 Å². The van der Waals surface area contributed by atoms with Crippen molar-refractivity contribution in [2.75, 3.05) is 20.2 Å². The number of nitrogens with one attached hydrogen (secondary N) is 2. The monoisotopic (exact) mass is 439 g/mol. The zero-order chi connectivity index (χ0) is 22.6. The lowest BCUT2D eigenvalue weighted by Gasteiger charge is -2.41. The van der Waals surface area contributed by atoms with Crippen molar-refractivity contribution >= 4 is 29.5 Å². The molecule has 3 heterocycles. The first kappa shape index (κ1) is 23.4. The van der Waals surface area contributed by atoms with E-state index in [1.807, 2.05) is 13.8 Å². The third-order valence-corrected chi connectivity index (χ3v) is 8.89. The van der Waals surface area contributed by atoms with Gasteiger partial charge in [-0.1, -0.05) is 27.7 Å². The molecule has 3 aliphatic heterocycles. The molecular formula is C22H37N3O4S. The minimum atomic E-state index is -0.680. The van der Waals surface area contributed by atoms with Gasteiger partial charge >= 0.3 is 0 Å². The van der Waals surface area contributed by atoms with Gasteiger partial charge in [0.2, 0.25) is 17.7 Å². The van der Waals surface area contributed by atoms with Crippen LogP contribution in [0.1, 0.15) is 54.4 Å². The molecule has 30 heavy (non-hydrogen) atoms. The van der Waals surface area contributed by atoms with Crippen LogP contribution in [0, 0.1) is 23.2 Å². The number of hydrogen-bond donors (Lipinski definition) is 3. The molecule has 0 aromatic carbocycles. The van der Waals surface area contributed by atoms with Crippen LogP contribution in [0.4, 0.5) is 0 Å². The van der Waals surface area contributed by atoms with E-state index in [0.717, 1.165) is 12.8 Å². The molecule has 3 N–H and O–H groups in total. The summed E-state index contributed by atoms with van der Waals surface area (Å²) in [4.78, 5) is 41.4. The summed E-state index contributed by atoms with van der Waals surface area (Å²) in [6, 6.07) is -0.680. The SMILES string of the molecule is CNC(=O)[C@@H]1[C@@H]2CC(C)C3(S2)C(C(=O)NC(C)(C)CC(C)(C)C)N(CCO)C(=O)[C@H]13. The second-order valence-corrected chi connectivity index (χ2v) is 12.6. The molecule has 1 spiro atoms. The largest absolute Gasteiger partial charge is 0.395 e. The number of carbonyl (C=O) groups is 3. The minimum Gasteiger partial charge on any atom is -0.395 e. The molecule has 7 nitrogen and oxygen atoms in total. The van der Waals surface area contributed by atoms with Gasteiger partial charge in [0.25, 0.3) is 0 Å². The van der Waals surface area contributed by atoms with Crippen LogP contribution in [-0.4, -0.2) is 69.5 Å². The van der Waals surface area contributed by atoms with Crippen LogP contribution in [0.2, 0.25) is 0 Å². The lowest BCUT2D eigenvalue weighted by Crippen LogP contribution is -2.60. The van der Waals surface area contributed by atoms with Crippen molar-refractivity contribution in [1.82, 2.24) is 15.5 Å². The number of rotatable bonds is 6. The molecule has 0 aromatic heterocycles. The molecule has 0 radical (unpaired) electrons. The molecule has 170 valence electrons. The fourth-order valence-electron chi connectivity index (χ4n) is 6.41. The molecule has 0 aromatic rings. The highest BCUT2D eigenvalue weighted by Crippen LogP contribution is 2.68.